The maximum absolute atomic E-state index is 12.2. The number of ether oxygens (including phenoxy) is 1. The zero-order valence-electron chi connectivity index (χ0n) is 8.69. The van der Waals surface area contributed by atoms with Crippen LogP contribution in [0.4, 0.5) is 0 Å². The first-order valence-corrected chi connectivity index (χ1v) is 6.26. The van der Waals surface area contributed by atoms with Crippen LogP contribution in [0.5, 0.6) is 0 Å². The number of nitrogens with zero attached hydrogens (tertiary/aromatic N) is 1. The van der Waals surface area contributed by atoms with Crippen LogP contribution in [0.1, 0.15) is 25.7 Å². The molecule has 15 heavy (non-hydrogen) atoms. The zero-order chi connectivity index (χ0) is 10.4. The van der Waals surface area contributed by atoms with Gasteiger partial charge >= 0.3 is 0 Å². The number of hydrogen-bond acceptors (Lipinski definition) is 2. The number of hydrogen-bond donors (Lipinski definition) is 0. The molecule has 2 bridgehead atoms. The fourth-order valence-electron chi connectivity index (χ4n) is 3.05. The van der Waals surface area contributed by atoms with Crippen molar-refractivity contribution in [3.63, 3.8) is 0 Å². The minimum Gasteiger partial charge on any atom is -0.374 e. The third kappa shape index (κ3) is 1.66. The van der Waals surface area contributed by atoms with Gasteiger partial charge in [0.15, 0.2) is 0 Å². The molecule has 3 aliphatic heterocycles. The van der Waals surface area contributed by atoms with Gasteiger partial charge in [-0.1, -0.05) is 0 Å². The van der Waals surface area contributed by atoms with Crippen LogP contribution in [-0.2, 0) is 9.53 Å². The second-order valence-electron chi connectivity index (χ2n) is 4.89. The Morgan fingerprint density at radius 3 is 2.73 bits per heavy atom. The molecule has 3 heterocycles. The van der Waals surface area contributed by atoms with Crippen molar-refractivity contribution in [2.75, 3.05) is 13.1 Å². The normalized spacial score (nSPS) is 43.9. The first kappa shape index (κ1) is 9.91. The lowest BCUT2D eigenvalue weighted by molar-refractivity contribution is -0.136. The third-order valence-corrected chi connectivity index (χ3v) is 4.22. The summed E-state index contributed by atoms with van der Waals surface area (Å²) >= 11 is 6.01. The molecule has 1 amide bonds. The first-order valence-electron chi connectivity index (χ1n) is 5.82. The van der Waals surface area contributed by atoms with E-state index in [1.807, 2.05) is 4.90 Å². The molecule has 3 fully saturated rings. The van der Waals surface area contributed by atoms with Crippen molar-refractivity contribution in [1.82, 2.24) is 4.90 Å². The maximum atomic E-state index is 12.2. The van der Waals surface area contributed by atoms with Gasteiger partial charge in [0.25, 0.3) is 0 Å². The molecule has 4 unspecified atom stereocenters. The highest BCUT2D eigenvalue weighted by Crippen LogP contribution is 2.40. The molecule has 4 atom stereocenters. The number of carbonyl (C=O) groups is 1. The summed E-state index contributed by atoms with van der Waals surface area (Å²) in [5.41, 5.74) is 0. The predicted octanol–water partition coefficient (Wildman–Crippen LogP) is 1.39. The van der Waals surface area contributed by atoms with Crippen LogP contribution >= 0.6 is 11.6 Å². The summed E-state index contributed by atoms with van der Waals surface area (Å²) < 4.78 is 5.71. The predicted molar refractivity (Wildman–Crippen MR) is 56.8 cm³/mol. The van der Waals surface area contributed by atoms with E-state index < -0.39 is 0 Å². The Hall–Kier alpha value is -0.280. The quantitative estimate of drug-likeness (QED) is 0.636. The van der Waals surface area contributed by atoms with Gasteiger partial charge in [-0.05, 0) is 25.7 Å². The van der Waals surface area contributed by atoms with Crippen LogP contribution in [0.15, 0.2) is 0 Å². The van der Waals surface area contributed by atoms with Gasteiger partial charge in [0.2, 0.25) is 5.91 Å². The van der Waals surface area contributed by atoms with Crippen LogP contribution in [0.2, 0.25) is 0 Å². The lowest BCUT2D eigenvalue weighted by atomic mass is 9.88. The molecule has 3 saturated heterocycles. The smallest absolute Gasteiger partial charge is 0.228 e. The van der Waals surface area contributed by atoms with Crippen molar-refractivity contribution in [2.45, 2.75) is 43.3 Å². The Morgan fingerprint density at radius 1 is 1.33 bits per heavy atom. The van der Waals surface area contributed by atoms with Crippen molar-refractivity contribution in [3.8, 4) is 0 Å². The molecule has 3 aliphatic rings. The van der Waals surface area contributed by atoms with E-state index in [4.69, 9.17) is 16.3 Å². The Kier molecular flexibility index (Phi) is 2.40. The molecule has 0 saturated carbocycles. The van der Waals surface area contributed by atoms with Crippen molar-refractivity contribution in [1.29, 1.82) is 0 Å². The molecule has 0 N–H and O–H groups in total. The summed E-state index contributed by atoms with van der Waals surface area (Å²) in [6.45, 7) is 1.56. The number of amides is 1. The molecule has 3 rings (SSSR count). The fourth-order valence-corrected chi connectivity index (χ4v) is 3.31. The van der Waals surface area contributed by atoms with Crippen molar-refractivity contribution in [3.05, 3.63) is 0 Å². The number of halogens is 1. The third-order valence-electron chi connectivity index (χ3n) is 3.87. The highest BCUT2D eigenvalue weighted by Gasteiger charge is 2.46. The molecule has 3 nitrogen and oxygen atoms in total. The summed E-state index contributed by atoms with van der Waals surface area (Å²) in [5.74, 6) is 0.413. The van der Waals surface area contributed by atoms with Crippen molar-refractivity contribution in [2.24, 2.45) is 5.92 Å². The Bertz CT molecular complexity index is 284. The topological polar surface area (TPSA) is 29.5 Å². The summed E-state index contributed by atoms with van der Waals surface area (Å²) in [4.78, 5) is 14.1. The summed E-state index contributed by atoms with van der Waals surface area (Å²) in [6, 6.07) is 0. The number of carbonyl (C=O) groups excluding carboxylic acids is 1. The van der Waals surface area contributed by atoms with Gasteiger partial charge in [0.1, 0.15) is 0 Å². The molecule has 84 valence electrons. The van der Waals surface area contributed by atoms with Gasteiger partial charge in [-0.15, -0.1) is 11.6 Å². The van der Waals surface area contributed by atoms with E-state index in [9.17, 15) is 4.79 Å². The zero-order valence-corrected chi connectivity index (χ0v) is 9.45. The van der Waals surface area contributed by atoms with E-state index >= 15 is 0 Å². The lowest BCUT2D eigenvalue weighted by Crippen LogP contribution is -2.38. The number of likely N-dealkylation sites (tertiary alicyclic amines) is 1. The van der Waals surface area contributed by atoms with E-state index in [2.05, 4.69) is 0 Å². The second-order valence-corrected chi connectivity index (χ2v) is 5.50. The van der Waals surface area contributed by atoms with E-state index in [1.165, 1.54) is 0 Å². The molecule has 4 heteroatoms. The van der Waals surface area contributed by atoms with E-state index in [-0.39, 0.29) is 23.3 Å². The molecular formula is C11H16ClNO2. The fraction of sp³-hybridized carbons (Fsp3) is 0.909. The number of rotatable bonds is 1. The summed E-state index contributed by atoms with van der Waals surface area (Å²) in [7, 11) is 0. The van der Waals surface area contributed by atoms with Gasteiger partial charge in [-0.2, -0.15) is 0 Å². The van der Waals surface area contributed by atoms with Crippen LogP contribution in [0, 0.1) is 5.92 Å². The highest BCUT2D eigenvalue weighted by molar-refractivity contribution is 6.21. The molecule has 0 aromatic heterocycles. The lowest BCUT2D eigenvalue weighted by Gasteiger charge is -2.24. The molecule has 0 radical (unpaired) electrons. The van der Waals surface area contributed by atoms with Crippen LogP contribution in [0.3, 0.4) is 0 Å². The minimum absolute atomic E-state index is 0.130. The SMILES string of the molecule is O=C(C1CC2CCC1O2)N1CCC(Cl)C1. The second kappa shape index (κ2) is 3.63. The Morgan fingerprint density at radius 2 is 2.20 bits per heavy atom. The summed E-state index contributed by atoms with van der Waals surface area (Å²) in [5, 5.41) is 0.161. The van der Waals surface area contributed by atoms with Crippen molar-refractivity contribution < 1.29 is 9.53 Å². The van der Waals surface area contributed by atoms with Gasteiger partial charge < -0.3 is 9.64 Å². The van der Waals surface area contributed by atoms with Crippen molar-refractivity contribution >= 4 is 17.5 Å². The largest absolute Gasteiger partial charge is 0.374 e. The average molecular weight is 230 g/mol. The molecule has 0 aliphatic carbocycles. The summed E-state index contributed by atoms with van der Waals surface area (Å²) in [6.07, 6.45) is 4.66. The molecule has 0 aromatic carbocycles. The number of fused-ring (bicyclic) bond motifs is 2. The van der Waals surface area contributed by atoms with E-state index in [0.717, 1.165) is 38.8 Å². The highest BCUT2D eigenvalue weighted by atomic mass is 35.5. The van der Waals surface area contributed by atoms with Gasteiger partial charge in [0.05, 0.1) is 23.5 Å². The monoisotopic (exact) mass is 229 g/mol. The first-order chi connectivity index (χ1) is 7.24. The van der Waals surface area contributed by atoms with Crippen LogP contribution in [-0.4, -0.2) is 41.5 Å². The molecule has 0 aromatic rings. The Balaban J connectivity index is 1.65. The van der Waals surface area contributed by atoms with Crippen LogP contribution < -0.4 is 0 Å². The number of alkyl halides is 1. The molecule has 0 spiro atoms. The van der Waals surface area contributed by atoms with Gasteiger partial charge in [-0.3, -0.25) is 4.79 Å². The minimum atomic E-state index is 0.130. The standard InChI is InChI=1S/C11H16ClNO2/c12-7-3-4-13(6-7)11(14)9-5-8-1-2-10(9)15-8/h7-10H,1-6H2. The van der Waals surface area contributed by atoms with Gasteiger partial charge in [0, 0.05) is 13.1 Å². The van der Waals surface area contributed by atoms with Gasteiger partial charge in [-0.25, -0.2) is 0 Å². The van der Waals surface area contributed by atoms with Crippen LogP contribution in [0.25, 0.3) is 0 Å². The Labute approximate surface area is 94.7 Å². The van der Waals surface area contributed by atoms with E-state index in [0.29, 0.717) is 6.10 Å². The van der Waals surface area contributed by atoms with E-state index in [1.54, 1.807) is 0 Å². The maximum Gasteiger partial charge on any atom is 0.228 e. The average Bonchev–Trinajstić information content (AvgIpc) is 2.90. The molecular weight excluding hydrogens is 214 g/mol.